The van der Waals surface area contributed by atoms with Crippen LogP contribution in [-0.4, -0.2) is 57.0 Å². The van der Waals surface area contributed by atoms with Gasteiger partial charge in [-0.05, 0) is 0 Å². The first kappa shape index (κ1) is 26.5. The Balaban J connectivity index is -0.000000126. The molecule has 0 aromatic rings. The summed E-state index contributed by atoms with van der Waals surface area (Å²) in [5, 5.41) is 12.1. The van der Waals surface area contributed by atoms with Gasteiger partial charge >= 0.3 is 12.1 Å². The molecule has 8 nitrogen and oxygen atoms in total. The van der Waals surface area contributed by atoms with E-state index in [0.29, 0.717) is 13.2 Å². The van der Waals surface area contributed by atoms with Gasteiger partial charge in [-0.2, -0.15) is 6.41 Å². The number of rotatable bonds is 8. The van der Waals surface area contributed by atoms with Gasteiger partial charge in [0.2, 0.25) is 0 Å². The van der Waals surface area contributed by atoms with Gasteiger partial charge in [0.1, 0.15) is 6.61 Å². The van der Waals surface area contributed by atoms with Crippen LogP contribution in [0, 0.1) is 0 Å². The molecule has 0 fully saturated rings. The van der Waals surface area contributed by atoms with Crippen molar-refractivity contribution in [2.75, 3.05) is 33.4 Å². The molecule has 0 aromatic carbocycles. The van der Waals surface area contributed by atoms with E-state index in [-0.39, 0.29) is 13.2 Å². The minimum absolute atomic E-state index is 0. The molecule has 0 heterocycles. The predicted octanol–water partition coefficient (Wildman–Crippen LogP) is 0.299. The van der Waals surface area contributed by atoms with E-state index in [1.54, 1.807) is 7.11 Å². The van der Waals surface area contributed by atoms with E-state index in [9.17, 15) is 14.4 Å². The number of carboxylic acid groups (broad SMARTS) is 1. The maximum atomic E-state index is 10.6. The summed E-state index contributed by atoms with van der Waals surface area (Å²) in [6.07, 6.45) is 2.29. The molecule has 130 valence electrons. The molecule has 9 heteroatoms. The van der Waals surface area contributed by atoms with Crippen LogP contribution in [0.15, 0.2) is 12.7 Å². The van der Waals surface area contributed by atoms with Crippen molar-refractivity contribution >= 4 is 18.5 Å². The zero-order chi connectivity index (χ0) is 16.2. The zero-order valence-electron chi connectivity index (χ0n) is 12.4. The molecule has 0 unspecified atom stereocenters. The van der Waals surface area contributed by atoms with Crippen molar-refractivity contribution < 1.29 is 29.0 Å². The number of hydrogen-bond donors (Lipinski definition) is 3. The van der Waals surface area contributed by atoms with E-state index >= 15 is 0 Å². The Labute approximate surface area is 119 Å². The summed E-state index contributed by atoms with van der Waals surface area (Å²) < 4.78 is 9.32. The summed E-state index contributed by atoms with van der Waals surface area (Å²) >= 11 is 0. The Kier molecular flexibility index (Phi) is 32.4. The number of methoxy groups -OCH3 is 1. The van der Waals surface area contributed by atoms with Crippen molar-refractivity contribution in [2.24, 2.45) is 0 Å². The second-order valence-corrected chi connectivity index (χ2v) is 2.66. The summed E-state index contributed by atoms with van der Waals surface area (Å²) in [7, 11) is 1.57. The molecule has 0 aromatic heterocycles. The van der Waals surface area contributed by atoms with Crippen LogP contribution in [0.4, 0.5) is 4.79 Å². The number of carboxylic acids is 1. The monoisotopic (exact) mass is 548 g/mol. The van der Waals surface area contributed by atoms with Crippen LogP contribution in [0.1, 0.15) is 13.8 Å². The van der Waals surface area contributed by atoms with Gasteiger partial charge in [0, 0.05) is 13.7 Å². The van der Waals surface area contributed by atoms with Gasteiger partial charge in [0.05, 0.1) is 13.2 Å². The molecule has 0 aliphatic rings. The zero-order valence-corrected chi connectivity index (χ0v) is 14.8. The van der Waals surface area contributed by atoms with Crippen molar-refractivity contribution in [1.82, 2.24) is 10.6 Å². The Hall–Kier alpha value is -3.09. The van der Waals surface area contributed by atoms with Crippen LogP contribution in [0.3, 0.4) is 0 Å². The third-order valence-electron chi connectivity index (χ3n) is 1.22. The summed E-state index contributed by atoms with van der Waals surface area (Å²) in [4.78, 5) is 29.4. The topological polar surface area (TPSA) is 114 Å². The molecule has 0 atom stereocenters. The Morgan fingerprint density at radius 3 is 2.29 bits per heavy atom. The van der Waals surface area contributed by atoms with Crippen LogP contribution in [0.5, 0.6) is 0 Å². The number of aliphatic carboxylic acids is 1. The quantitative estimate of drug-likeness (QED) is 0.174. The number of alkyl carbamates (subject to hydrolysis) is 1. The number of amides is 2. The van der Waals surface area contributed by atoms with Crippen LogP contribution in [0.2, 0.25) is 0 Å². The van der Waals surface area contributed by atoms with Gasteiger partial charge in [-0.25, -0.2) is 4.79 Å². The fraction of sp³-hybridized carbons (Fsp3) is 0.583. The van der Waals surface area contributed by atoms with Crippen molar-refractivity contribution in [2.45, 2.75) is 13.8 Å². The molecule has 2 amide bonds. The van der Waals surface area contributed by atoms with Crippen LogP contribution < -0.4 is 10.6 Å². The summed E-state index contributed by atoms with van der Waals surface area (Å²) in [6, 6.07) is 0. The first-order valence-corrected chi connectivity index (χ1v) is 5.90. The average molecular weight is 548 g/mol. The van der Waals surface area contributed by atoms with Gasteiger partial charge in [-0.1, -0.05) is 26.5 Å². The van der Waals surface area contributed by atoms with E-state index in [1.165, 1.54) is 12.5 Å². The molecule has 0 aliphatic carbocycles. The number of hydrogen-bond acceptors (Lipinski definition) is 5. The molecular weight excluding hydrogens is 525 g/mol. The van der Waals surface area contributed by atoms with E-state index in [4.69, 9.17) is 9.84 Å². The molecule has 0 bridgehead atoms. The van der Waals surface area contributed by atoms with Crippen LogP contribution in [0.25, 0.3) is 0 Å². The van der Waals surface area contributed by atoms with E-state index in [0.717, 1.165) is 0 Å². The summed E-state index contributed by atoms with van der Waals surface area (Å²) in [5.74, 6) is -1.07. The third kappa shape index (κ3) is 38.3. The van der Waals surface area contributed by atoms with Crippen LogP contribution >= 0.6 is 0 Å². The van der Waals surface area contributed by atoms with E-state index in [1.807, 2.05) is 19.2 Å². The summed E-state index contributed by atoms with van der Waals surface area (Å²) in [5.41, 5.74) is 0. The first-order chi connectivity index (χ1) is 9.58. The molecule has 3 N–H and O–H groups in total. The fourth-order valence-corrected chi connectivity index (χ4v) is 0.552. The number of ether oxygens (including phenoxy) is 2. The summed E-state index contributed by atoms with van der Waals surface area (Å²) in [6.45, 7) is 8.23. The smallest absolute Gasteiger partial charge is 0.407 e. The average Bonchev–Trinajstić information content (AvgIpc) is 2.46. The van der Waals surface area contributed by atoms with Crippen molar-refractivity contribution in [3.8, 4) is 0 Å². The SMILES string of the molecule is C=CCOC(=O)NCCOC.CC.O=[C-]NCC(=O)O.[Fm]. The standard InChI is InChI=1S/C7H13NO3.C3H4NO3.C2H6.Fm/c1-3-5-11-7(9)8-4-6-10-2;5-2-4-1-3(6)7;1-2;/h3H,1,4-6H2,2H3,(H,8,9);1H2,(H,4,5)(H,6,7);1-2H3;/q;-1;;. The number of nitrogens with one attached hydrogen (secondary N) is 2. The minimum Gasteiger partial charge on any atom is -0.521 e. The maximum Gasteiger partial charge on any atom is 0.407 e. The number of carbonyl (C=O) groups excluding carboxylic acids is 2. The van der Waals surface area contributed by atoms with Gasteiger partial charge < -0.3 is 30.0 Å². The normalized spacial score (nSPS) is 7.38. The Bertz CT molecular complexity index is 264. The molecule has 0 saturated carbocycles. The molecule has 0 radical (unpaired) electrons. The second kappa shape index (κ2) is 25.7. The second-order valence-electron chi connectivity index (χ2n) is 2.66. The third-order valence-corrected chi connectivity index (χ3v) is 1.22. The fourth-order valence-electron chi connectivity index (χ4n) is 0.552. The minimum atomic E-state index is -1.07. The van der Waals surface area contributed by atoms with Crippen LogP contribution in [-0.2, 0) is 19.1 Å². The Morgan fingerprint density at radius 1 is 1.38 bits per heavy atom. The van der Waals surface area contributed by atoms with E-state index in [2.05, 4.69) is 16.6 Å². The Morgan fingerprint density at radius 2 is 1.95 bits per heavy atom. The van der Waals surface area contributed by atoms with Gasteiger partial charge in [-0.15, -0.1) is 0 Å². The largest absolute Gasteiger partial charge is 0.521 e. The molecule has 0 spiro atoms. The van der Waals surface area contributed by atoms with Crippen molar-refractivity contribution in [3.63, 3.8) is 0 Å². The molecule has 0 rings (SSSR count). The molecule has 0 aliphatic heterocycles. The van der Waals surface area contributed by atoms with E-state index < -0.39 is 12.1 Å². The molecule has 0 saturated heterocycles. The van der Waals surface area contributed by atoms with Gasteiger partial charge in [0.15, 0.2) is 0 Å². The molecule has 21 heavy (non-hydrogen) atoms. The first-order valence-electron chi connectivity index (χ1n) is 5.90. The maximum absolute atomic E-state index is 10.6. The van der Waals surface area contributed by atoms with Gasteiger partial charge in [0.25, 0.3) is 0 Å². The van der Waals surface area contributed by atoms with Gasteiger partial charge in [-0.3, -0.25) is 4.79 Å². The predicted molar refractivity (Wildman–Crippen MR) is 74.1 cm³/mol. The van der Waals surface area contributed by atoms with Crippen molar-refractivity contribution in [1.29, 1.82) is 0 Å². The number of carbonyl (C=O) groups is 2. The molecular formula is C12H23FmN2O6-. The van der Waals surface area contributed by atoms with Crippen molar-refractivity contribution in [3.05, 3.63) is 12.7 Å².